The van der Waals surface area contributed by atoms with Gasteiger partial charge in [0.2, 0.25) is 11.6 Å². The molecule has 1 atom stereocenters. The number of hydrogen-bond donors (Lipinski definition) is 0. The minimum absolute atomic E-state index is 0.302. The molecule has 1 aliphatic carbocycles. The highest BCUT2D eigenvalue weighted by Crippen LogP contribution is 2.43. The second-order valence-electron chi connectivity index (χ2n) is 4.17. The average molecular weight is 294 g/mol. The minimum atomic E-state index is -1.48. The van der Waals surface area contributed by atoms with Crippen molar-refractivity contribution < 1.29 is 14.4 Å². The molecule has 0 amide bonds. The molecular weight excluding hydrogens is 286 g/mol. The second-order valence-corrected chi connectivity index (χ2v) is 4.98. The fourth-order valence-corrected chi connectivity index (χ4v) is 2.69. The summed E-state index contributed by atoms with van der Waals surface area (Å²) in [5.41, 5.74) is -0.647. The summed E-state index contributed by atoms with van der Waals surface area (Å²) in [6.45, 7) is 1.75. The largest absolute Gasteiger partial charge is 0.371 e. The number of Topliss-reactive ketones (excluding diaryl/α,β-unsaturated/α-hetero) is 2. The van der Waals surface area contributed by atoms with Gasteiger partial charge in [-0.25, -0.2) is 0 Å². The molecule has 0 saturated heterocycles. The first-order chi connectivity index (χ1) is 8.09. The Kier molecular flexibility index (Phi) is 2.04. The predicted octanol–water partition coefficient (Wildman–Crippen LogP) is 2.18. The molecule has 5 heteroatoms. The average Bonchev–Trinajstić information content (AvgIpc) is 2.76. The van der Waals surface area contributed by atoms with E-state index in [1.54, 1.807) is 31.2 Å². The Labute approximate surface area is 106 Å². The summed E-state index contributed by atoms with van der Waals surface area (Å²) in [5, 5.41) is 3.73. The highest BCUT2D eigenvalue weighted by molar-refractivity contribution is 9.18. The smallest absolute Gasteiger partial charge is 0.270 e. The molecule has 0 bridgehead atoms. The van der Waals surface area contributed by atoms with Gasteiger partial charge in [-0.2, -0.15) is 0 Å². The van der Waals surface area contributed by atoms with Gasteiger partial charge >= 0.3 is 0 Å². The van der Waals surface area contributed by atoms with Crippen LogP contribution in [0.15, 0.2) is 29.4 Å². The van der Waals surface area contributed by atoms with E-state index in [0.717, 1.165) is 0 Å². The maximum Gasteiger partial charge on any atom is 0.270 e. The zero-order valence-corrected chi connectivity index (χ0v) is 10.5. The summed E-state index contributed by atoms with van der Waals surface area (Å²) in [4.78, 5) is 29.9. The van der Waals surface area contributed by atoms with Gasteiger partial charge in [-0.05, 0) is 15.9 Å². The van der Waals surface area contributed by atoms with Crippen molar-refractivity contribution in [2.24, 2.45) is 11.1 Å². The second kappa shape index (κ2) is 3.26. The van der Waals surface area contributed by atoms with Crippen LogP contribution in [0.1, 0.15) is 27.6 Å². The molecule has 1 heterocycles. The quantitative estimate of drug-likeness (QED) is 0.689. The molecule has 1 unspecified atom stereocenters. The monoisotopic (exact) mass is 293 g/mol. The van der Waals surface area contributed by atoms with E-state index in [-0.39, 0.29) is 11.6 Å². The number of oxime groups is 1. The number of nitrogens with zero attached hydrogens (tertiary/aromatic N) is 1. The summed E-state index contributed by atoms with van der Waals surface area (Å²) in [7, 11) is 0. The number of ketones is 2. The maximum atomic E-state index is 12.3. The lowest BCUT2D eigenvalue weighted by Gasteiger charge is -2.21. The molecule has 1 aromatic carbocycles. The van der Waals surface area contributed by atoms with Gasteiger partial charge in [0.25, 0.3) is 5.60 Å². The third-order valence-corrected chi connectivity index (χ3v) is 4.17. The van der Waals surface area contributed by atoms with Crippen LogP contribution < -0.4 is 0 Å². The predicted molar refractivity (Wildman–Crippen MR) is 64.4 cm³/mol. The van der Waals surface area contributed by atoms with Gasteiger partial charge in [0.05, 0.1) is 5.92 Å². The van der Waals surface area contributed by atoms with Crippen molar-refractivity contribution >= 4 is 32.1 Å². The van der Waals surface area contributed by atoms with E-state index >= 15 is 0 Å². The van der Waals surface area contributed by atoms with Crippen LogP contribution in [0.4, 0.5) is 0 Å². The Balaban J connectivity index is 2.20. The molecule has 86 valence electrons. The van der Waals surface area contributed by atoms with Gasteiger partial charge in [-0.3, -0.25) is 9.59 Å². The van der Waals surface area contributed by atoms with Crippen LogP contribution in [0.2, 0.25) is 0 Å². The van der Waals surface area contributed by atoms with Crippen LogP contribution in [0.5, 0.6) is 0 Å². The fraction of sp³-hybridized carbons (Fsp3) is 0.250. The molecule has 3 rings (SSSR count). The number of fused-ring (bicyclic) bond motifs is 1. The van der Waals surface area contributed by atoms with Crippen LogP contribution in [-0.2, 0) is 4.84 Å². The number of benzene rings is 1. The van der Waals surface area contributed by atoms with Crippen molar-refractivity contribution in [3.05, 3.63) is 35.4 Å². The lowest BCUT2D eigenvalue weighted by Crippen LogP contribution is -2.47. The zero-order valence-electron chi connectivity index (χ0n) is 8.94. The van der Waals surface area contributed by atoms with E-state index in [2.05, 4.69) is 21.1 Å². The van der Waals surface area contributed by atoms with Crippen LogP contribution >= 0.6 is 15.9 Å². The van der Waals surface area contributed by atoms with Crippen LogP contribution in [0.25, 0.3) is 0 Å². The van der Waals surface area contributed by atoms with Crippen molar-refractivity contribution in [3.8, 4) is 0 Å². The SMILES string of the molecule is CC1C(Br)=NOC12C(=O)c1ccccc1C2=O. The third kappa shape index (κ3) is 1.10. The van der Waals surface area contributed by atoms with Crippen molar-refractivity contribution in [2.75, 3.05) is 0 Å². The van der Waals surface area contributed by atoms with Gasteiger partial charge < -0.3 is 4.84 Å². The lowest BCUT2D eigenvalue weighted by molar-refractivity contribution is -0.00552. The van der Waals surface area contributed by atoms with Crippen LogP contribution in [0, 0.1) is 5.92 Å². The van der Waals surface area contributed by atoms with Gasteiger partial charge in [0.15, 0.2) is 0 Å². The number of hydrogen-bond acceptors (Lipinski definition) is 4. The van der Waals surface area contributed by atoms with Crippen LogP contribution in [-0.4, -0.2) is 21.8 Å². The molecule has 2 aliphatic rings. The number of rotatable bonds is 0. The highest BCUT2D eigenvalue weighted by atomic mass is 79.9. The number of halogens is 1. The van der Waals surface area contributed by atoms with E-state index < -0.39 is 11.5 Å². The van der Waals surface area contributed by atoms with Gasteiger partial charge in [0.1, 0.15) is 4.62 Å². The van der Waals surface area contributed by atoms with Crippen LogP contribution in [0.3, 0.4) is 0 Å². The molecule has 0 saturated carbocycles. The number of carbonyl (C=O) groups is 2. The van der Waals surface area contributed by atoms with Gasteiger partial charge in [0, 0.05) is 11.1 Å². The standard InChI is InChI=1S/C12H8BrNO3/c1-6-11(13)14-17-12(6)9(15)7-4-2-3-5-8(7)10(12)16/h2-6H,1H3. The highest BCUT2D eigenvalue weighted by Gasteiger charge is 2.63. The van der Waals surface area contributed by atoms with Crippen molar-refractivity contribution in [2.45, 2.75) is 12.5 Å². The molecule has 4 nitrogen and oxygen atoms in total. The maximum absolute atomic E-state index is 12.3. The molecule has 1 spiro atoms. The summed E-state index contributed by atoms with van der Waals surface area (Å²) < 4.78 is 0.493. The molecular formula is C12H8BrNO3. The van der Waals surface area contributed by atoms with Crippen molar-refractivity contribution in [1.82, 2.24) is 0 Å². The first-order valence-electron chi connectivity index (χ1n) is 5.19. The van der Waals surface area contributed by atoms with E-state index in [1.807, 2.05) is 0 Å². The summed E-state index contributed by atoms with van der Waals surface area (Å²) in [6, 6.07) is 6.76. The topological polar surface area (TPSA) is 55.7 Å². The molecule has 0 fully saturated rings. The molecule has 0 aromatic heterocycles. The third-order valence-electron chi connectivity index (χ3n) is 3.33. The molecule has 0 N–H and O–H groups in total. The number of carbonyl (C=O) groups excluding carboxylic acids is 2. The Bertz CT molecular complexity index is 544. The summed E-state index contributed by atoms with van der Waals surface area (Å²) in [6.07, 6.45) is 0. The van der Waals surface area contributed by atoms with Gasteiger partial charge in [-0.15, -0.1) is 0 Å². The Morgan fingerprint density at radius 3 is 2.18 bits per heavy atom. The van der Waals surface area contributed by atoms with E-state index in [9.17, 15) is 9.59 Å². The molecule has 1 aliphatic heterocycles. The Hall–Kier alpha value is -1.49. The first kappa shape index (κ1) is 10.7. The minimum Gasteiger partial charge on any atom is -0.371 e. The summed E-state index contributed by atoms with van der Waals surface area (Å²) >= 11 is 3.21. The van der Waals surface area contributed by atoms with E-state index in [0.29, 0.717) is 15.7 Å². The van der Waals surface area contributed by atoms with Crippen molar-refractivity contribution in [1.29, 1.82) is 0 Å². The van der Waals surface area contributed by atoms with Gasteiger partial charge in [-0.1, -0.05) is 36.3 Å². The van der Waals surface area contributed by atoms with Crippen molar-refractivity contribution in [3.63, 3.8) is 0 Å². The molecule has 17 heavy (non-hydrogen) atoms. The fourth-order valence-electron chi connectivity index (χ4n) is 2.30. The molecule has 1 aromatic rings. The van der Waals surface area contributed by atoms with E-state index in [4.69, 9.17) is 4.84 Å². The first-order valence-corrected chi connectivity index (χ1v) is 5.98. The Morgan fingerprint density at radius 1 is 1.24 bits per heavy atom. The van der Waals surface area contributed by atoms with E-state index in [1.165, 1.54) is 0 Å². The normalized spacial score (nSPS) is 24.8. The molecule has 0 radical (unpaired) electrons. The summed E-state index contributed by atoms with van der Waals surface area (Å²) in [5.74, 6) is -0.998. The Morgan fingerprint density at radius 2 is 1.76 bits per heavy atom. The zero-order chi connectivity index (χ0) is 12.2. The lowest BCUT2D eigenvalue weighted by atomic mass is 9.85.